The number of carbonyl (C=O) groups is 3. The fraction of sp³-hybridized carbons (Fsp3) is 0.469. The third-order valence-electron chi connectivity index (χ3n) is 6.10. The van der Waals surface area contributed by atoms with Crippen molar-refractivity contribution in [2.75, 3.05) is 6.54 Å². The molecule has 0 saturated carbocycles. The third kappa shape index (κ3) is 9.79. The molecule has 2 aromatic carbocycles. The van der Waals surface area contributed by atoms with Crippen LogP contribution in [0.2, 0.25) is 0 Å². The summed E-state index contributed by atoms with van der Waals surface area (Å²) in [4.78, 5) is 42.5. The van der Waals surface area contributed by atoms with Crippen LogP contribution in [0.3, 0.4) is 0 Å². The Kier molecular flexibility index (Phi) is 12.1. The van der Waals surface area contributed by atoms with Crippen LogP contribution in [0.25, 0.3) is 0 Å². The van der Waals surface area contributed by atoms with Crippen LogP contribution in [0, 0.1) is 12.3 Å². The van der Waals surface area contributed by atoms with Crippen LogP contribution in [0.1, 0.15) is 83.5 Å². The van der Waals surface area contributed by atoms with E-state index >= 15 is 0 Å². The highest BCUT2D eigenvalue weighted by Gasteiger charge is 2.37. The molecular weight excluding hydrogens is 490 g/mol. The number of alkyl carbamates (subject to hydrolysis) is 1. The number of hydrogen-bond acceptors (Lipinski definition) is 4. The minimum absolute atomic E-state index is 0.0819. The highest BCUT2D eigenvalue weighted by molar-refractivity contribution is 5.92. The molecule has 2 aromatic rings. The molecule has 0 aliphatic heterocycles. The van der Waals surface area contributed by atoms with Gasteiger partial charge in [0.05, 0.1) is 0 Å². The van der Waals surface area contributed by atoms with Crippen LogP contribution in [0.5, 0.6) is 0 Å². The molecule has 0 aliphatic rings. The summed E-state index contributed by atoms with van der Waals surface area (Å²) < 4.78 is 5.48. The lowest BCUT2D eigenvalue weighted by Gasteiger charge is -2.35. The number of rotatable bonds is 12. The molecule has 3 atom stereocenters. The summed E-state index contributed by atoms with van der Waals surface area (Å²) >= 11 is 0. The van der Waals surface area contributed by atoms with Crippen LogP contribution in [0.15, 0.2) is 54.6 Å². The average Bonchev–Trinajstić information content (AvgIpc) is 2.87. The lowest BCUT2D eigenvalue weighted by Crippen LogP contribution is -2.54. The molecule has 0 radical (unpaired) electrons. The first-order valence-electron chi connectivity index (χ1n) is 13.7. The summed E-state index contributed by atoms with van der Waals surface area (Å²) in [6.45, 7) is 11.5. The van der Waals surface area contributed by atoms with E-state index in [9.17, 15) is 14.4 Å². The molecule has 210 valence electrons. The van der Waals surface area contributed by atoms with E-state index < -0.39 is 23.8 Å². The number of nitrogens with one attached hydrogen (secondary N) is 2. The Morgan fingerprint density at radius 2 is 1.62 bits per heavy atom. The van der Waals surface area contributed by atoms with Crippen LogP contribution < -0.4 is 10.6 Å². The molecule has 7 heteroatoms. The third-order valence-corrected chi connectivity index (χ3v) is 6.10. The fourth-order valence-electron chi connectivity index (χ4n) is 4.45. The van der Waals surface area contributed by atoms with Crippen molar-refractivity contribution in [3.05, 3.63) is 71.3 Å². The summed E-state index contributed by atoms with van der Waals surface area (Å²) in [5.74, 6) is 1.97. The van der Waals surface area contributed by atoms with E-state index in [0.717, 1.165) is 18.4 Å². The highest BCUT2D eigenvalue weighted by Crippen LogP contribution is 2.27. The lowest BCUT2D eigenvalue weighted by atomic mass is 9.96. The van der Waals surface area contributed by atoms with E-state index in [1.807, 2.05) is 50.2 Å². The van der Waals surface area contributed by atoms with Crippen molar-refractivity contribution in [3.63, 3.8) is 0 Å². The zero-order chi connectivity index (χ0) is 29.0. The number of ether oxygens (including phenoxy) is 1. The Morgan fingerprint density at radius 1 is 0.974 bits per heavy atom. The van der Waals surface area contributed by atoms with Crippen molar-refractivity contribution in [1.29, 1.82) is 0 Å². The first-order chi connectivity index (χ1) is 18.5. The molecule has 0 fully saturated rings. The molecule has 0 spiro atoms. The van der Waals surface area contributed by atoms with Crippen molar-refractivity contribution >= 4 is 17.9 Å². The van der Waals surface area contributed by atoms with Crippen LogP contribution in [-0.4, -0.2) is 47.0 Å². The number of hydrogen-bond donors (Lipinski definition) is 2. The Bertz CT molecular complexity index is 1130. The van der Waals surface area contributed by atoms with Gasteiger partial charge in [-0.2, -0.15) is 0 Å². The first kappa shape index (κ1) is 31.4. The largest absolute Gasteiger partial charge is 0.444 e. The molecule has 0 saturated heterocycles. The van der Waals surface area contributed by atoms with Gasteiger partial charge in [0.1, 0.15) is 17.7 Å². The number of amides is 3. The zero-order valence-corrected chi connectivity index (χ0v) is 24.1. The van der Waals surface area contributed by atoms with Gasteiger partial charge in [0.25, 0.3) is 0 Å². The van der Waals surface area contributed by atoms with E-state index in [2.05, 4.69) is 23.5 Å². The van der Waals surface area contributed by atoms with Gasteiger partial charge in [0.15, 0.2) is 0 Å². The van der Waals surface area contributed by atoms with Crippen molar-refractivity contribution < 1.29 is 19.1 Å². The van der Waals surface area contributed by atoms with Gasteiger partial charge in [-0.15, -0.1) is 6.42 Å². The van der Waals surface area contributed by atoms with Crippen LogP contribution >= 0.6 is 0 Å². The van der Waals surface area contributed by atoms with Gasteiger partial charge in [-0.25, -0.2) is 4.79 Å². The standard InChI is InChI=1S/C32H43N3O4/c1-8-16-23(4)33-29(36)28(26-20-15-14-19-25(26)10-3)35(21-9-2)30(37)27(22-24-17-12-11-13-18-24)34-31(38)39-32(5,6)7/h3,11-15,17-20,23,27-28H,8-9,16,21-22H2,1-2,4-7H3,(H,33,36)(H,34,38). The number of terminal acetylenes is 1. The van der Waals surface area contributed by atoms with Gasteiger partial charge in [0.2, 0.25) is 11.8 Å². The maximum Gasteiger partial charge on any atom is 0.408 e. The van der Waals surface area contributed by atoms with E-state index in [4.69, 9.17) is 11.2 Å². The summed E-state index contributed by atoms with van der Waals surface area (Å²) in [6.07, 6.45) is 7.65. The quantitative estimate of drug-likeness (QED) is 0.358. The first-order valence-corrected chi connectivity index (χ1v) is 13.7. The van der Waals surface area contributed by atoms with Crippen molar-refractivity contribution in [1.82, 2.24) is 15.5 Å². The minimum atomic E-state index is -0.970. The van der Waals surface area contributed by atoms with Crippen molar-refractivity contribution in [3.8, 4) is 12.3 Å². The summed E-state index contributed by atoms with van der Waals surface area (Å²) in [5, 5.41) is 5.84. The monoisotopic (exact) mass is 533 g/mol. The maximum absolute atomic E-state index is 14.3. The van der Waals surface area contributed by atoms with Gasteiger partial charge in [-0.1, -0.05) is 74.7 Å². The van der Waals surface area contributed by atoms with Crippen LogP contribution in [0.4, 0.5) is 4.79 Å². The molecular formula is C32H43N3O4. The Hall–Kier alpha value is -3.79. The average molecular weight is 534 g/mol. The van der Waals surface area contributed by atoms with Crippen molar-refractivity contribution in [2.45, 2.75) is 91.0 Å². The number of benzene rings is 2. The molecule has 0 aromatic heterocycles. The molecule has 3 unspecified atom stereocenters. The summed E-state index contributed by atoms with van der Waals surface area (Å²) in [6, 6.07) is 14.6. The SMILES string of the molecule is C#Cc1ccccc1C(C(=O)NC(C)CCC)N(CCC)C(=O)C(Cc1ccccc1)NC(=O)OC(C)(C)C. The molecule has 2 N–H and O–H groups in total. The molecule has 0 heterocycles. The second-order valence-electron chi connectivity index (χ2n) is 10.8. The van der Waals surface area contributed by atoms with Crippen molar-refractivity contribution in [2.24, 2.45) is 0 Å². The molecule has 2 rings (SSSR count). The molecule has 3 amide bonds. The summed E-state index contributed by atoms with van der Waals surface area (Å²) in [7, 11) is 0. The predicted molar refractivity (Wildman–Crippen MR) is 155 cm³/mol. The minimum Gasteiger partial charge on any atom is -0.444 e. The normalized spacial score (nSPS) is 13.4. The highest BCUT2D eigenvalue weighted by atomic mass is 16.6. The lowest BCUT2D eigenvalue weighted by molar-refractivity contribution is -0.142. The number of nitrogens with zero attached hydrogens (tertiary/aromatic N) is 1. The second kappa shape index (κ2) is 15.0. The maximum atomic E-state index is 14.3. The zero-order valence-electron chi connectivity index (χ0n) is 24.1. The topological polar surface area (TPSA) is 87.7 Å². The van der Waals surface area contributed by atoms with Crippen LogP contribution in [-0.2, 0) is 20.7 Å². The number of carbonyl (C=O) groups excluding carboxylic acids is 3. The Labute approximate surface area is 233 Å². The van der Waals surface area contributed by atoms with E-state index in [1.165, 1.54) is 4.90 Å². The molecule has 0 bridgehead atoms. The molecule has 7 nitrogen and oxygen atoms in total. The van der Waals surface area contributed by atoms with E-state index in [0.29, 0.717) is 24.1 Å². The van der Waals surface area contributed by atoms with Gasteiger partial charge in [0, 0.05) is 24.6 Å². The molecule has 39 heavy (non-hydrogen) atoms. The fourth-order valence-corrected chi connectivity index (χ4v) is 4.45. The van der Waals surface area contributed by atoms with Gasteiger partial charge >= 0.3 is 6.09 Å². The Morgan fingerprint density at radius 3 is 2.21 bits per heavy atom. The molecule has 0 aliphatic carbocycles. The predicted octanol–water partition coefficient (Wildman–Crippen LogP) is 5.39. The van der Waals surface area contributed by atoms with E-state index in [1.54, 1.807) is 39.0 Å². The second-order valence-corrected chi connectivity index (χ2v) is 10.8. The summed E-state index contributed by atoms with van der Waals surface area (Å²) in [5.41, 5.74) is 1.23. The van der Waals surface area contributed by atoms with Gasteiger partial charge < -0.3 is 20.3 Å². The Balaban J connectivity index is 2.56. The smallest absolute Gasteiger partial charge is 0.408 e. The van der Waals surface area contributed by atoms with Gasteiger partial charge in [-0.05, 0) is 57.7 Å². The van der Waals surface area contributed by atoms with Gasteiger partial charge in [-0.3, -0.25) is 9.59 Å². The van der Waals surface area contributed by atoms with E-state index in [-0.39, 0.29) is 24.3 Å².